The minimum absolute atomic E-state index is 0.0992. The molecule has 66 heavy (non-hydrogen) atoms. The van der Waals surface area contributed by atoms with Crippen molar-refractivity contribution in [2.24, 2.45) is 11.8 Å². The number of allylic oxidation sites excluding steroid dienone is 4. The number of Topliss-reactive ketones (excluding diaryl/α,β-unsaturated/α-hetero) is 1. The Bertz CT molecular complexity index is 1470. The van der Waals surface area contributed by atoms with Crippen LogP contribution >= 0.6 is 7.82 Å². The van der Waals surface area contributed by atoms with Crippen LogP contribution in [0.25, 0.3) is 0 Å². The van der Waals surface area contributed by atoms with Gasteiger partial charge in [-0.2, -0.15) is 0 Å². The molecule has 2 aliphatic rings. The van der Waals surface area contributed by atoms with E-state index in [0.29, 0.717) is 25.7 Å². The molecular formula is C49H85O16P. The highest BCUT2D eigenvalue weighted by molar-refractivity contribution is 7.47. The van der Waals surface area contributed by atoms with E-state index in [9.17, 15) is 59.6 Å². The van der Waals surface area contributed by atoms with Crippen LogP contribution in [0.1, 0.15) is 174 Å². The van der Waals surface area contributed by atoms with Crippen molar-refractivity contribution < 1.29 is 78.1 Å². The largest absolute Gasteiger partial charge is 0.472 e. The van der Waals surface area contributed by atoms with Crippen molar-refractivity contribution in [1.82, 2.24) is 0 Å². The monoisotopic (exact) mass is 961 g/mol. The molecule has 8 N–H and O–H groups in total. The second-order valence-electron chi connectivity index (χ2n) is 18.1. The van der Waals surface area contributed by atoms with Gasteiger partial charge in [0.05, 0.1) is 31.0 Å². The topological polar surface area (TPSA) is 267 Å². The van der Waals surface area contributed by atoms with Crippen molar-refractivity contribution in [2.75, 3.05) is 13.2 Å². The van der Waals surface area contributed by atoms with Crippen LogP contribution in [0.15, 0.2) is 36.5 Å². The summed E-state index contributed by atoms with van der Waals surface area (Å²) in [6, 6.07) is 0. The van der Waals surface area contributed by atoms with Gasteiger partial charge in [-0.25, -0.2) is 4.57 Å². The minimum Gasteiger partial charge on any atom is -0.462 e. The first kappa shape index (κ1) is 59.8. The van der Waals surface area contributed by atoms with E-state index in [1.54, 1.807) is 6.08 Å². The summed E-state index contributed by atoms with van der Waals surface area (Å²) < 4.78 is 34.6. The van der Waals surface area contributed by atoms with E-state index in [2.05, 4.69) is 19.1 Å². The van der Waals surface area contributed by atoms with Crippen LogP contribution in [-0.2, 0) is 37.5 Å². The van der Waals surface area contributed by atoms with Gasteiger partial charge in [0.15, 0.2) is 6.10 Å². The molecule has 12 atom stereocenters. The third-order valence-electron chi connectivity index (χ3n) is 12.3. The van der Waals surface area contributed by atoms with Crippen LogP contribution in [0.4, 0.5) is 0 Å². The van der Waals surface area contributed by atoms with Gasteiger partial charge in [0.1, 0.15) is 36.8 Å². The molecule has 1 fully saturated rings. The van der Waals surface area contributed by atoms with Crippen molar-refractivity contribution in [3.8, 4) is 0 Å². The van der Waals surface area contributed by atoms with Crippen LogP contribution in [0, 0.1) is 11.8 Å². The second-order valence-corrected chi connectivity index (χ2v) is 19.5. The van der Waals surface area contributed by atoms with Crippen LogP contribution < -0.4 is 0 Å². The lowest BCUT2D eigenvalue weighted by Crippen LogP contribution is -2.55. The number of phosphoric ester groups is 1. The van der Waals surface area contributed by atoms with Gasteiger partial charge in [-0.05, 0) is 57.8 Å². The lowest BCUT2D eigenvalue weighted by molar-refractivity contribution is -0.166. The number of carbonyl (C=O) groups is 3. The van der Waals surface area contributed by atoms with Gasteiger partial charge in [-0.15, -0.1) is 0 Å². The number of ketones is 1. The van der Waals surface area contributed by atoms with Crippen molar-refractivity contribution in [3.05, 3.63) is 36.5 Å². The zero-order valence-corrected chi connectivity index (χ0v) is 40.6. The van der Waals surface area contributed by atoms with Crippen LogP contribution in [0.2, 0.25) is 0 Å². The summed E-state index contributed by atoms with van der Waals surface area (Å²) >= 11 is 0. The number of esters is 2. The molecule has 0 spiro atoms. The Labute approximate surface area is 393 Å². The fourth-order valence-corrected chi connectivity index (χ4v) is 9.14. The first-order valence-corrected chi connectivity index (χ1v) is 26.4. The Morgan fingerprint density at radius 2 is 1.38 bits per heavy atom. The average Bonchev–Trinajstić information content (AvgIpc) is 3.28. The predicted molar refractivity (Wildman–Crippen MR) is 250 cm³/mol. The normalized spacial score (nSPS) is 31.1. The number of phosphoric acid groups is 1. The van der Waals surface area contributed by atoms with Crippen molar-refractivity contribution in [2.45, 2.75) is 229 Å². The highest BCUT2D eigenvalue weighted by Gasteiger charge is 2.49. The maximum absolute atomic E-state index is 13.6. The highest BCUT2D eigenvalue weighted by Crippen LogP contribution is 2.47. The van der Waals surface area contributed by atoms with Crippen LogP contribution in [0.5, 0.6) is 0 Å². The average molecular weight is 961 g/mol. The Kier molecular flexibility index (Phi) is 31.6. The van der Waals surface area contributed by atoms with Crippen molar-refractivity contribution >= 4 is 25.5 Å². The summed E-state index contributed by atoms with van der Waals surface area (Å²) in [5.74, 6) is -5.06. The zero-order chi connectivity index (χ0) is 48.7. The molecule has 382 valence electrons. The van der Waals surface area contributed by atoms with E-state index >= 15 is 0 Å². The molecule has 1 aliphatic heterocycles. The Morgan fingerprint density at radius 1 is 0.788 bits per heavy atom. The quantitative estimate of drug-likeness (QED) is 0.0203. The van der Waals surface area contributed by atoms with Crippen LogP contribution in [0.3, 0.4) is 0 Å². The second kappa shape index (κ2) is 34.9. The lowest BCUT2D eigenvalue weighted by atomic mass is 9.84. The molecule has 1 saturated carbocycles. The van der Waals surface area contributed by atoms with Gasteiger partial charge in [0.2, 0.25) is 0 Å². The van der Waals surface area contributed by atoms with Crippen molar-refractivity contribution in [1.29, 1.82) is 0 Å². The first-order valence-electron chi connectivity index (χ1n) is 24.9. The van der Waals surface area contributed by atoms with Gasteiger partial charge in [-0.3, -0.25) is 23.4 Å². The van der Waals surface area contributed by atoms with Gasteiger partial charge in [0.25, 0.3) is 0 Å². The third kappa shape index (κ3) is 24.8. The van der Waals surface area contributed by atoms with E-state index in [-0.39, 0.29) is 25.7 Å². The van der Waals surface area contributed by atoms with Gasteiger partial charge >= 0.3 is 19.8 Å². The number of fused-ring (bicyclic) bond motifs is 4. The number of aliphatic hydroxyl groups is 7. The van der Waals surface area contributed by atoms with Gasteiger partial charge < -0.3 is 50.1 Å². The molecule has 1 aliphatic carbocycles. The molecule has 1 unspecified atom stereocenters. The number of rotatable bonds is 25. The molecule has 0 aromatic rings. The number of aliphatic hydroxyl groups excluding tert-OH is 7. The number of hydrogen-bond donors (Lipinski definition) is 8. The third-order valence-corrected chi connectivity index (χ3v) is 13.3. The Morgan fingerprint density at radius 3 is 2.03 bits per heavy atom. The number of unbranched alkanes of at least 4 members (excludes halogenated alkanes) is 15. The summed E-state index contributed by atoms with van der Waals surface area (Å²) in [6.07, 6.45) is 11.6. The first-order chi connectivity index (χ1) is 31.6. The van der Waals surface area contributed by atoms with Gasteiger partial charge in [0, 0.05) is 31.1 Å². The van der Waals surface area contributed by atoms with E-state index in [1.807, 2.05) is 6.92 Å². The number of carbonyl (C=O) groups excluding carboxylic acids is 3. The molecule has 0 aromatic carbocycles. The Balaban J connectivity index is 2.09. The van der Waals surface area contributed by atoms with E-state index < -0.39 is 112 Å². The zero-order valence-electron chi connectivity index (χ0n) is 39.7. The summed E-state index contributed by atoms with van der Waals surface area (Å²) in [4.78, 5) is 50.0. The fraction of sp³-hybridized carbons (Fsp3) is 0.816. The smallest absolute Gasteiger partial charge is 0.462 e. The molecular weight excluding hydrogens is 875 g/mol. The fourth-order valence-electron chi connectivity index (χ4n) is 8.16. The molecule has 2 bridgehead atoms. The van der Waals surface area contributed by atoms with Crippen molar-refractivity contribution in [3.63, 3.8) is 0 Å². The SMILES string of the molecule is CCCCCCCC/C=C\CCCCCCCCCC(=O)OC[C@@H]1COP(=O)(O)O[C@H]2[C@H](O)[C@@H](O)[C@H](O)[C@@H](C/C=C\CCCC(=O)O1)C(=O)C[C@@H](O)[C@H](/C=C/[C@@H](O)CCCCC)[C@@H](O)[C@H]2O. The summed E-state index contributed by atoms with van der Waals surface area (Å²) in [7, 11) is -5.45. The molecule has 2 rings (SSSR count). The summed E-state index contributed by atoms with van der Waals surface area (Å²) in [5, 5.41) is 78.4. The predicted octanol–water partition coefficient (Wildman–Crippen LogP) is 6.76. The molecule has 0 aromatic heterocycles. The summed E-state index contributed by atoms with van der Waals surface area (Å²) in [6.45, 7) is 2.81. The number of cyclic esters (lactones) is 1. The van der Waals surface area contributed by atoms with Crippen LogP contribution in [-0.4, -0.2) is 127 Å². The highest BCUT2D eigenvalue weighted by atomic mass is 31.2. The number of hydrogen-bond acceptors (Lipinski definition) is 15. The van der Waals surface area contributed by atoms with E-state index in [0.717, 1.165) is 64.2 Å². The Hall–Kier alpha value is -2.34. The maximum atomic E-state index is 13.6. The lowest BCUT2D eigenvalue weighted by Gasteiger charge is -2.36. The standard InChI is InChI=1S/C49H85O16P/c1-3-5-7-8-9-10-11-12-13-14-15-16-17-18-19-20-25-29-42(53)62-34-37-35-63-66(60,61)65-49-47(58)45(56)39(32-31-36(50)27-23-6-4-2)41(52)33-40(51)38(44(55)46(57)48(49)59)28-24-21-22-26-30-43(54)64-37/h12-13,21,24,31-32,36-39,41,44-50,52,55-59H,3-11,14-20,22-23,25-30,33-35H2,1-2H3,(H,60,61)/b13-12-,24-21-,32-31+/t36-,37+,38-,39-,41+,44+,45+,46-,47+,48+,49+/m0/s1. The molecule has 16 nitrogen and oxygen atoms in total. The molecule has 1 heterocycles. The molecule has 0 saturated heterocycles. The minimum atomic E-state index is -5.45. The summed E-state index contributed by atoms with van der Waals surface area (Å²) in [5.41, 5.74) is 0. The molecule has 0 radical (unpaired) electrons. The molecule has 0 amide bonds. The number of ether oxygens (including phenoxy) is 2. The molecule has 17 heteroatoms. The van der Waals surface area contributed by atoms with E-state index in [1.165, 1.54) is 56.8 Å². The van der Waals surface area contributed by atoms with Gasteiger partial charge in [-0.1, -0.05) is 134 Å². The maximum Gasteiger partial charge on any atom is 0.472 e. The van der Waals surface area contributed by atoms with E-state index in [4.69, 9.17) is 18.5 Å².